The molecule has 0 fully saturated rings. The highest BCUT2D eigenvalue weighted by atomic mass is 79.9. The Labute approximate surface area is 113 Å². The predicted molar refractivity (Wildman–Crippen MR) is 71.3 cm³/mol. The molecule has 0 saturated heterocycles. The summed E-state index contributed by atoms with van der Waals surface area (Å²) in [4.78, 5) is 0. The lowest BCUT2D eigenvalue weighted by Gasteiger charge is -2.15. The first-order valence-electron chi connectivity index (χ1n) is 5.45. The third-order valence-corrected chi connectivity index (χ3v) is 3.48. The van der Waals surface area contributed by atoms with Gasteiger partial charge in [0.05, 0.1) is 10.5 Å². The van der Waals surface area contributed by atoms with Gasteiger partial charge in [-0.25, -0.2) is 8.78 Å². The van der Waals surface area contributed by atoms with Gasteiger partial charge in [-0.2, -0.15) is 0 Å². The summed E-state index contributed by atoms with van der Waals surface area (Å²) in [6.07, 6.45) is 0. The Bertz CT molecular complexity index is 584. The van der Waals surface area contributed by atoms with Gasteiger partial charge in [-0.1, -0.05) is 12.1 Å². The third kappa shape index (κ3) is 2.60. The van der Waals surface area contributed by atoms with E-state index < -0.39 is 6.04 Å². The molecule has 0 heterocycles. The van der Waals surface area contributed by atoms with Crippen molar-refractivity contribution in [1.29, 1.82) is 0 Å². The molecule has 2 N–H and O–H groups in total. The zero-order valence-corrected chi connectivity index (χ0v) is 11.3. The molecular weight excluding hydrogens is 300 g/mol. The molecule has 0 spiro atoms. The molecule has 2 aromatic rings. The molecule has 1 atom stereocenters. The SMILES string of the molecule is Cc1cc(F)ccc1C(N)c1ccc(F)c(Br)c1. The molecule has 0 aliphatic heterocycles. The number of aryl methyl sites for hydroxylation is 1. The van der Waals surface area contributed by atoms with Crippen LogP contribution < -0.4 is 5.73 Å². The lowest BCUT2D eigenvalue weighted by atomic mass is 9.96. The molecule has 0 aliphatic rings. The molecule has 94 valence electrons. The van der Waals surface area contributed by atoms with Crippen LogP contribution in [0.25, 0.3) is 0 Å². The second-order valence-electron chi connectivity index (χ2n) is 4.15. The smallest absolute Gasteiger partial charge is 0.137 e. The number of rotatable bonds is 2. The molecule has 0 aliphatic carbocycles. The molecule has 1 unspecified atom stereocenters. The molecule has 0 bridgehead atoms. The van der Waals surface area contributed by atoms with Crippen LogP contribution in [0.3, 0.4) is 0 Å². The summed E-state index contributed by atoms with van der Waals surface area (Å²) >= 11 is 3.13. The molecular formula is C14H12BrF2N. The van der Waals surface area contributed by atoms with E-state index in [1.165, 1.54) is 18.2 Å². The number of hydrogen-bond donors (Lipinski definition) is 1. The van der Waals surface area contributed by atoms with Crippen LogP contribution in [0, 0.1) is 18.6 Å². The van der Waals surface area contributed by atoms with Crippen molar-refractivity contribution in [3.05, 3.63) is 69.2 Å². The fourth-order valence-corrected chi connectivity index (χ4v) is 2.27. The monoisotopic (exact) mass is 311 g/mol. The van der Waals surface area contributed by atoms with Crippen molar-refractivity contribution in [3.63, 3.8) is 0 Å². The van der Waals surface area contributed by atoms with Crippen molar-refractivity contribution < 1.29 is 8.78 Å². The molecule has 2 aromatic carbocycles. The van der Waals surface area contributed by atoms with Crippen LogP contribution >= 0.6 is 15.9 Å². The fraction of sp³-hybridized carbons (Fsp3) is 0.143. The van der Waals surface area contributed by atoms with Crippen LogP contribution in [-0.2, 0) is 0 Å². The zero-order chi connectivity index (χ0) is 13.3. The molecule has 4 heteroatoms. The predicted octanol–water partition coefficient (Wildman–Crippen LogP) is 4.08. The summed E-state index contributed by atoms with van der Waals surface area (Å²) in [6, 6.07) is 8.71. The van der Waals surface area contributed by atoms with Gasteiger partial charge in [0.1, 0.15) is 11.6 Å². The Morgan fingerprint density at radius 1 is 1.11 bits per heavy atom. The highest BCUT2D eigenvalue weighted by Crippen LogP contribution is 2.26. The molecule has 0 saturated carbocycles. The van der Waals surface area contributed by atoms with E-state index in [0.717, 1.165) is 16.7 Å². The lowest BCUT2D eigenvalue weighted by molar-refractivity contribution is 0.619. The van der Waals surface area contributed by atoms with Crippen molar-refractivity contribution in [1.82, 2.24) is 0 Å². The van der Waals surface area contributed by atoms with E-state index in [1.807, 2.05) is 0 Å². The van der Waals surface area contributed by atoms with E-state index in [9.17, 15) is 8.78 Å². The summed E-state index contributed by atoms with van der Waals surface area (Å²) in [5, 5.41) is 0. The molecule has 0 aromatic heterocycles. The standard InChI is InChI=1S/C14H12BrF2N/c1-8-6-10(16)3-4-11(8)14(18)9-2-5-13(17)12(15)7-9/h2-7,14H,18H2,1H3. The minimum absolute atomic E-state index is 0.288. The minimum Gasteiger partial charge on any atom is -0.320 e. The summed E-state index contributed by atoms with van der Waals surface area (Å²) in [5.74, 6) is -0.620. The second-order valence-corrected chi connectivity index (χ2v) is 5.01. The number of hydrogen-bond acceptors (Lipinski definition) is 1. The van der Waals surface area contributed by atoms with Gasteiger partial charge in [0, 0.05) is 0 Å². The Kier molecular flexibility index (Phi) is 3.78. The van der Waals surface area contributed by atoms with Gasteiger partial charge in [0.2, 0.25) is 0 Å². The number of nitrogens with two attached hydrogens (primary N) is 1. The van der Waals surface area contributed by atoms with Crippen LogP contribution in [0.1, 0.15) is 22.7 Å². The van der Waals surface area contributed by atoms with Crippen molar-refractivity contribution >= 4 is 15.9 Å². The Morgan fingerprint density at radius 2 is 1.83 bits per heavy atom. The minimum atomic E-state index is -0.400. The van der Waals surface area contributed by atoms with Gasteiger partial charge >= 0.3 is 0 Å². The third-order valence-electron chi connectivity index (χ3n) is 2.87. The molecule has 0 radical (unpaired) electrons. The number of benzene rings is 2. The summed E-state index contributed by atoms with van der Waals surface area (Å²) in [7, 11) is 0. The highest BCUT2D eigenvalue weighted by Gasteiger charge is 2.13. The molecule has 1 nitrogen and oxygen atoms in total. The quantitative estimate of drug-likeness (QED) is 0.888. The van der Waals surface area contributed by atoms with Gasteiger partial charge in [-0.05, 0) is 63.8 Å². The number of halogens is 3. The van der Waals surface area contributed by atoms with Crippen molar-refractivity contribution in [2.24, 2.45) is 5.73 Å². The van der Waals surface area contributed by atoms with Crippen molar-refractivity contribution in [3.8, 4) is 0 Å². The van der Waals surface area contributed by atoms with Gasteiger partial charge in [-0.3, -0.25) is 0 Å². The first kappa shape index (κ1) is 13.2. The van der Waals surface area contributed by atoms with Crippen LogP contribution in [0.5, 0.6) is 0 Å². The zero-order valence-electron chi connectivity index (χ0n) is 9.75. The molecule has 18 heavy (non-hydrogen) atoms. The van der Waals surface area contributed by atoms with Gasteiger partial charge in [0.25, 0.3) is 0 Å². The fourth-order valence-electron chi connectivity index (χ4n) is 1.87. The topological polar surface area (TPSA) is 26.0 Å². The van der Waals surface area contributed by atoms with Crippen molar-refractivity contribution in [2.75, 3.05) is 0 Å². The van der Waals surface area contributed by atoms with Crippen LogP contribution in [-0.4, -0.2) is 0 Å². The van der Waals surface area contributed by atoms with E-state index in [-0.39, 0.29) is 11.6 Å². The van der Waals surface area contributed by atoms with E-state index in [4.69, 9.17) is 5.73 Å². The second kappa shape index (κ2) is 5.16. The maximum atomic E-state index is 13.2. The van der Waals surface area contributed by atoms with Crippen LogP contribution in [0.2, 0.25) is 0 Å². The van der Waals surface area contributed by atoms with E-state index in [2.05, 4.69) is 15.9 Å². The van der Waals surface area contributed by atoms with E-state index in [0.29, 0.717) is 4.47 Å². The molecule has 2 rings (SSSR count). The van der Waals surface area contributed by atoms with Crippen molar-refractivity contribution in [2.45, 2.75) is 13.0 Å². The van der Waals surface area contributed by atoms with Gasteiger partial charge in [0.15, 0.2) is 0 Å². The largest absolute Gasteiger partial charge is 0.320 e. The van der Waals surface area contributed by atoms with E-state index in [1.54, 1.807) is 25.1 Å². The highest BCUT2D eigenvalue weighted by molar-refractivity contribution is 9.10. The normalized spacial score (nSPS) is 12.5. The summed E-state index contributed by atoms with van der Waals surface area (Å²) in [6.45, 7) is 1.80. The average Bonchev–Trinajstić information content (AvgIpc) is 2.32. The summed E-state index contributed by atoms with van der Waals surface area (Å²) < 4.78 is 26.6. The maximum Gasteiger partial charge on any atom is 0.137 e. The maximum absolute atomic E-state index is 13.2. The van der Waals surface area contributed by atoms with E-state index >= 15 is 0 Å². The first-order chi connectivity index (χ1) is 8.49. The van der Waals surface area contributed by atoms with Crippen LogP contribution in [0.15, 0.2) is 40.9 Å². The van der Waals surface area contributed by atoms with Gasteiger partial charge < -0.3 is 5.73 Å². The average molecular weight is 312 g/mol. The first-order valence-corrected chi connectivity index (χ1v) is 6.25. The molecule has 0 amide bonds. The Morgan fingerprint density at radius 3 is 2.44 bits per heavy atom. The Balaban J connectivity index is 2.41. The van der Waals surface area contributed by atoms with Gasteiger partial charge in [-0.15, -0.1) is 0 Å². The lowest BCUT2D eigenvalue weighted by Crippen LogP contribution is -2.13. The Hall–Kier alpha value is -1.26. The summed E-state index contributed by atoms with van der Waals surface area (Å²) in [5.41, 5.74) is 8.51. The van der Waals surface area contributed by atoms with Crippen LogP contribution in [0.4, 0.5) is 8.78 Å².